The Morgan fingerprint density at radius 1 is 0.864 bits per heavy atom. The molecule has 0 amide bonds. The molecule has 0 fully saturated rings. The van der Waals surface area contributed by atoms with Crippen molar-refractivity contribution >= 4 is 22.7 Å². The molecular weight excluding hydrogens is 570 g/mol. The number of hydrogen-bond acceptors (Lipinski definition) is 2. The van der Waals surface area contributed by atoms with Gasteiger partial charge in [-0.05, 0) is 78.1 Å². The number of hydrogen-bond donors (Lipinski definition) is 1. The molecule has 0 aromatic heterocycles. The lowest BCUT2D eigenvalue weighted by molar-refractivity contribution is 0.0689. The van der Waals surface area contributed by atoms with Crippen molar-refractivity contribution in [3.05, 3.63) is 104 Å². The van der Waals surface area contributed by atoms with E-state index in [0.717, 1.165) is 33.2 Å². The average molecular weight is 605 g/mol. The predicted octanol–water partition coefficient (Wildman–Crippen LogP) is 7.23. The van der Waals surface area contributed by atoms with Gasteiger partial charge in [-0.3, -0.25) is 0 Å². The molecule has 4 nitrogen and oxygen atoms in total. The molecular formula is C36H34F4NO3+. The van der Waals surface area contributed by atoms with E-state index in [4.69, 9.17) is 4.74 Å². The minimum absolute atomic E-state index is 0.0795. The van der Waals surface area contributed by atoms with Crippen LogP contribution in [0.5, 0.6) is 11.5 Å². The van der Waals surface area contributed by atoms with Crippen LogP contribution in [-0.4, -0.2) is 23.7 Å². The summed E-state index contributed by atoms with van der Waals surface area (Å²) in [7, 11) is 1.93. The van der Waals surface area contributed by atoms with Crippen LogP contribution in [0.2, 0.25) is 0 Å². The van der Waals surface area contributed by atoms with Gasteiger partial charge in [0.15, 0.2) is 28.8 Å². The van der Waals surface area contributed by atoms with Crippen LogP contribution in [0.15, 0.2) is 36.4 Å². The van der Waals surface area contributed by atoms with E-state index < -0.39 is 40.4 Å². The molecule has 0 spiro atoms. The van der Waals surface area contributed by atoms with Gasteiger partial charge >= 0.3 is 5.97 Å². The van der Waals surface area contributed by atoms with E-state index in [0.29, 0.717) is 6.42 Å². The highest BCUT2D eigenvalue weighted by Crippen LogP contribution is 2.46. The maximum absolute atomic E-state index is 15.9. The van der Waals surface area contributed by atoms with Crippen molar-refractivity contribution in [2.24, 2.45) is 11.3 Å². The summed E-state index contributed by atoms with van der Waals surface area (Å²) in [5, 5.41) is 11.1. The maximum atomic E-state index is 15.9. The molecule has 3 aromatic carbocycles. The van der Waals surface area contributed by atoms with Gasteiger partial charge < -0.3 is 9.84 Å². The third-order valence-corrected chi connectivity index (χ3v) is 9.82. The molecule has 3 aliphatic rings. The van der Waals surface area contributed by atoms with Gasteiger partial charge in [-0.2, -0.15) is 0 Å². The number of likely N-dealkylation sites (N-methyl/N-ethyl adjacent to an activating group) is 1. The molecule has 1 unspecified atom stereocenters. The summed E-state index contributed by atoms with van der Waals surface area (Å²) in [5.41, 5.74) is 1.96. The smallest absolute Gasteiger partial charge is 0.339 e. The van der Waals surface area contributed by atoms with Crippen LogP contribution in [0.4, 0.5) is 17.6 Å². The van der Waals surface area contributed by atoms with E-state index in [2.05, 4.69) is 51.3 Å². The Balaban J connectivity index is 1.83. The third-order valence-electron chi connectivity index (χ3n) is 9.82. The molecule has 6 rings (SSSR count). The highest BCUT2D eigenvalue weighted by Gasteiger charge is 2.37. The lowest BCUT2D eigenvalue weighted by Crippen LogP contribution is -2.47. The Bertz CT molecular complexity index is 2040. The van der Waals surface area contributed by atoms with E-state index in [9.17, 15) is 18.7 Å². The molecule has 0 saturated heterocycles. The zero-order chi connectivity index (χ0) is 32.2. The fourth-order valence-electron chi connectivity index (χ4n) is 6.87. The van der Waals surface area contributed by atoms with Gasteiger partial charge in [-0.15, -0.1) is 0 Å². The summed E-state index contributed by atoms with van der Waals surface area (Å²) in [5.74, 6) is -9.13. The number of carbonyl (C=O) groups is 1. The Kier molecular flexibility index (Phi) is 6.55. The van der Waals surface area contributed by atoms with E-state index in [-0.39, 0.29) is 44.7 Å². The second-order valence-corrected chi connectivity index (χ2v) is 13.5. The number of ether oxygens (including phenoxy) is 1. The first-order valence-corrected chi connectivity index (χ1v) is 14.6. The lowest BCUT2D eigenvalue weighted by Gasteiger charge is -2.28. The first-order chi connectivity index (χ1) is 20.4. The first kappa shape index (κ1) is 29.9. The van der Waals surface area contributed by atoms with E-state index in [1.807, 2.05) is 27.0 Å². The quantitative estimate of drug-likeness (QED) is 0.114. The standard InChI is InChI=1S/C36H33F4NO3/c1-16-14-35(4,5)18(3)9-19-10-25-22(11-20(16)19)27(28-29(34(42)43)31(38)33(40)32(39)30(28)37)23-12-21-17(2)15-36(6,7)41(8)24(21)13-26(23)44-25/h10-15,18H,9H2,1-8H3/p+1. The number of carboxylic acid groups (broad SMARTS) is 1. The Morgan fingerprint density at radius 2 is 1.50 bits per heavy atom. The van der Waals surface area contributed by atoms with Crippen molar-refractivity contribution in [2.75, 3.05) is 7.05 Å². The molecule has 3 aromatic rings. The molecule has 44 heavy (non-hydrogen) atoms. The van der Waals surface area contributed by atoms with Crippen LogP contribution in [0.1, 0.15) is 86.6 Å². The number of benzene rings is 3. The molecule has 1 N–H and O–H groups in total. The van der Waals surface area contributed by atoms with Crippen molar-refractivity contribution in [1.82, 2.24) is 4.58 Å². The van der Waals surface area contributed by atoms with Gasteiger partial charge in [-0.25, -0.2) is 26.9 Å². The molecule has 0 radical (unpaired) electrons. The zero-order valence-corrected chi connectivity index (χ0v) is 26.0. The second-order valence-electron chi connectivity index (χ2n) is 13.5. The summed E-state index contributed by atoms with van der Waals surface area (Å²) >= 11 is 0. The molecule has 0 bridgehead atoms. The minimum atomic E-state index is -2.18. The molecule has 8 heteroatoms. The Hall–Kier alpha value is -4.20. The van der Waals surface area contributed by atoms with Crippen molar-refractivity contribution in [3.8, 4) is 11.5 Å². The Labute approximate surface area is 253 Å². The number of rotatable bonds is 2. The van der Waals surface area contributed by atoms with Crippen LogP contribution in [0.25, 0.3) is 16.7 Å². The summed E-state index contributed by atoms with van der Waals surface area (Å²) in [6.07, 6.45) is 4.93. The fraction of sp³-hybridized carbons (Fsp3) is 0.333. The normalized spacial score (nSPS) is 19.5. The molecule has 0 saturated carbocycles. The summed E-state index contributed by atoms with van der Waals surface area (Å²) in [6, 6.07) is 7.12. The van der Waals surface area contributed by atoms with Crippen LogP contribution >= 0.6 is 0 Å². The highest BCUT2D eigenvalue weighted by molar-refractivity contribution is 5.99. The van der Waals surface area contributed by atoms with E-state index in [1.54, 1.807) is 18.2 Å². The Morgan fingerprint density at radius 3 is 2.16 bits per heavy atom. The minimum Gasteiger partial charge on any atom is -0.478 e. The van der Waals surface area contributed by atoms with Gasteiger partial charge in [-0.1, -0.05) is 26.8 Å². The highest BCUT2D eigenvalue weighted by atomic mass is 19.2. The number of fused-ring (bicyclic) bond motifs is 4. The van der Waals surface area contributed by atoms with Crippen molar-refractivity contribution in [3.63, 3.8) is 0 Å². The largest absolute Gasteiger partial charge is 0.478 e. The number of allylic oxidation sites excluding steroid dienone is 3. The van der Waals surface area contributed by atoms with E-state index >= 15 is 8.78 Å². The molecule has 2 aliphatic heterocycles. The van der Waals surface area contributed by atoms with Crippen LogP contribution < -0.4 is 19.9 Å². The topological polar surface area (TPSA) is 49.5 Å². The number of halogens is 4. The monoisotopic (exact) mass is 604 g/mol. The number of carboxylic acids is 1. The molecule has 228 valence electrons. The number of nitrogens with zero attached hydrogens (tertiary/aromatic N) is 1. The SMILES string of the molecule is CC1=CC(C)(C)C(C)Cc2cc3c(cc21)C(c1c(F)c(F)c(F)c(F)c1C(=O)O)=c1cc2c(cc1O3)=[N+](C)C(C)(C)C=C2C. The first-order valence-electron chi connectivity index (χ1n) is 14.6. The van der Waals surface area contributed by atoms with Crippen molar-refractivity contribution in [1.29, 1.82) is 0 Å². The number of aromatic carboxylic acids is 1. The van der Waals surface area contributed by atoms with Crippen LogP contribution in [0.3, 0.4) is 0 Å². The van der Waals surface area contributed by atoms with Crippen molar-refractivity contribution in [2.45, 2.75) is 60.4 Å². The van der Waals surface area contributed by atoms with Gasteiger partial charge in [0.2, 0.25) is 5.36 Å². The van der Waals surface area contributed by atoms with E-state index in [1.165, 1.54) is 0 Å². The molecule has 1 atom stereocenters. The molecule has 1 aliphatic carbocycles. The van der Waals surface area contributed by atoms with Gasteiger partial charge in [0, 0.05) is 41.3 Å². The summed E-state index contributed by atoms with van der Waals surface area (Å²) in [6.45, 7) is 14.4. The van der Waals surface area contributed by atoms with Gasteiger partial charge in [0.25, 0.3) is 0 Å². The van der Waals surface area contributed by atoms with Gasteiger partial charge in [0.05, 0.1) is 6.07 Å². The van der Waals surface area contributed by atoms with Gasteiger partial charge in [0.1, 0.15) is 24.1 Å². The summed E-state index contributed by atoms with van der Waals surface area (Å²) in [4.78, 5) is 12.4. The predicted molar refractivity (Wildman–Crippen MR) is 162 cm³/mol. The molecule has 2 heterocycles. The third kappa shape index (κ3) is 4.25. The average Bonchev–Trinajstić information content (AvgIpc) is 3.01. The summed E-state index contributed by atoms with van der Waals surface area (Å²) < 4.78 is 69.1. The lowest BCUT2D eigenvalue weighted by atomic mass is 9.77. The zero-order valence-electron chi connectivity index (χ0n) is 26.0. The fourth-order valence-corrected chi connectivity index (χ4v) is 6.87. The van der Waals surface area contributed by atoms with Crippen molar-refractivity contribution < 1.29 is 32.2 Å². The van der Waals surface area contributed by atoms with Crippen LogP contribution in [-0.2, 0) is 6.42 Å². The van der Waals surface area contributed by atoms with Crippen LogP contribution in [0, 0.1) is 34.6 Å². The maximum Gasteiger partial charge on any atom is 0.339 e. The second kappa shape index (κ2) is 9.65.